The number of anilines is 1. The van der Waals surface area contributed by atoms with Crippen molar-refractivity contribution in [1.82, 2.24) is 9.78 Å². The van der Waals surface area contributed by atoms with Crippen LogP contribution in [0, 0.1) is 13.8 Å². The molecule has 0 saturated heterocycles. The molecule has 0 unspecified atom stereocenters. The summed E-state index contributed by atoms with van der Waals surface area (Å²) in [6, 6.07) is 13.6. The number of thioether (sulfide) groups is 1. The van der Waals surface area contributed by atoms with Gasteiger partial charge in [0.05, 0.1) is 17.8 Å². The first-order valence-corrected chi connectivity index (χ1v) is 10.3. The largest absolute Gasteiger partial charge is 0.310 e. The van der Waals surface area contributed by atoms with Crippen LogP contribution in [0.4, 0.5) is 5.82 Å². The van der Waals surface area contributed by atoms with Crippen molar-refractivity contribution >= 4 is 35.1 Å². The number of benzene rings is 2. The van der Waals surface area contributed by atoms with Crippen LogP contribution in [0.25, 0.3) is 5.69 Å². The van der Waals surface area contributed by atoms with Crippen molar-refractivity contribution in [2.75, 3.05) is 5.32 Å². The van der Waals surface area contributed by atoms with E-state index in [1.54, 1.807) is 12.1 Å². The van der Waals surface area contributed by atoms with E-state index in [1.165, 1.54) is 5.56 Å². The summed E-state index contributed by atoms with van der Waals surface area (Å²) in [6.45, 7) is 4.15. The number of nitrogens with one attached hydrogen (secondary N) is 1. The number of fused-ring (bicyclic) bond motifs is 1. The van der Waals surface area contributed by atoms with Crippen LogP contribution in [0.3, 0.4) is 0 Å². The van der Waals surface area contributed by atoms with Crippen molar-refractivity contribution < 1.29 is 4.79 Å². The number of aromatic nitrogens is 2. The Morgan fingerprint density at radius 2 is 1.96 bits per heavy atom. The maximum atomic E-state index is 12.7. The highest BCUT2D eigenvalue weighted by atomic mass is 35.5. The van der Waals surface area contributed by atoms with Gasteiger partial charge in [0.1, 0.15) is 5.82 Å². The molecule has 0 radical (unpaired) electrons. The average Bonchev–Trinajstić information content (AvgIpc) is 3.20. The second-order valence-corrected chi connectivity index (χ2v) is 8.24. The summed E-state index contributed by atoms with van der Waals surface area (Å²) in [4.78, 5) is 12.7. The SMILES string of the molecule is Cc1ccc(-n2nc3c(c2NC(=O)Cc2ccc(Cl)cc2)CSC3)c(C)c1. The minimum absolute atomic E-state index is 0.0528. The Morgan fingerprint density at radius 1 is 1.19 bits per heavy atom. The lowest BCUT2D eigenvalue weighted by Crippen LogP contribution is -2.18. The number of nitrogens with zero attached hydrogens (tertiary/aromatic N) is 2. The minimum atomic E-state index is -0.0528. The summed E-state index contributed by atoms with van der Waals surface area (Å²) in [7, 11) is 0. The number of rotatable bonds is 4. The van der Waals surface area contributed by atoms with E-state index < -0.39 is 0 Å². The number of halogens is 1. The van der Waals surface area contributed by atoms with Gasteiger partial charge in [0, 0.05) is 22.1 Å². The highest BCUT2D eigenvalue weighted by molar-refractivity contribution is 7.98. The quantitative estimate of drug-likeness (QED) is 0.668. The Morgan fingerprint density at radius 3 is 2.70 bits per heavy atom. The molecule has 1 aliphatic rings. The molecule has 2 heterocycles. The number of hydrogen-bond donors (Lipinski definition) is 1. The van der Waals surface area contributed by atoms with E-state index in [9.17, 15) is 4.79 Å². The van der Waals surface area contributed by atoms with Gasteiger partial charge in [0.15, 0.2) is 0 Å². The molecular formula is C21H20ClN3OS. The predicted molar refractivity (Wildman–Crippen MR) is 112 cm³/mol. The van der Waals surface area contributed by atoms with Crippen LogP contribution in [0.2, 0.25) is 5.02 Å². The van der Waals surface area contributed by atoms with Crippen LogP contribution in [-0.4, -0.2) is 15.7 Å². The van der Waals surface area contributed by atoms with Crippen molar-refractivity contribution in [3.05, 3.63) is 75.4 Å². The van der Waals surface area contributed by atoms with Crippen molar-refractivity contribution in [1.29, 1.82) is 0 Å². The van der Waals surface area contributed by atoms with Crippen LogP contribution in [0.1, 0.15) is 27.9 Å². The average molecular weight is 398 g/mol. The lowest BCUT2D eigenvalue weighted by molar-refractivity contribution is -0.115. The summed E-state index contributed by atoms with van der Waals surface area (Å²) in [6.07, 6.45) is 0.303. The van der Waals surface area contributed by atoms with Crippen molar-refractivity contribution in [3.8, 4) is 5.69 Å². The topological polar surface area (TPSA) is 46.9 Å². The Labute approximate surface area is 167 Å². The van der Waals surface area contributed by atoms with Gasteiger partial charge in [0.25, 0.3) is 0 Å². The molecule has 1 N–H and O–H groups in total. The fourth-order valence-electron chi connectivity index (χ4n) is 3.32. The van der Waals surface area contributed by atoms with Crippen LogP contribution in [0.5, 0.6) is 0 Å². The normalized spacial score (nSPS) is 12.9. The fraction of sp³-hybridized carbons (Fsp3) is 0.238. The first-order chi connectivity index (χ1) is 13.0. The number of amides is 1. The molecule has 1 amide bonds. The van der Waals surface area contributed by atoms with Crippen LogP contribution in [-0.2, 0) is 22.7 Å². The van der Waals surface area contributed by atoms with Gasteiger partial charge in [-0.2, -0.15) is 16.9 Å². The second-order valence-electron chi connectivity index (χ2n) is 6.82. The van der Waals surface area contributed by atoms with Gasteiger partial charge >= 0.3 is 0 Å². The van der Waals surface area contributed by atoms with E-state index in [0.29, 0.717) is 11.4 Å². The summed E-state index contributed by atoms with van der Waals surface area (Å²) in [5, 5.41) is 8.56. The molecule has 3 aromatic rings. The predicted octanol–water partition coefficient (Wildman–Crippen LogP) is 5.07. The van der Waals surface area contributed by atoms with Crippen LogP contribution < -0.4 is 5.32 Å². The first kappa shape index (κ1) is 18.1. The lowest BCUT2D eigenvalue weighted by Gasteiger charge is -2.13. The molecule has 4 rings (SSSR count). The van der Waals surface area contributed by atoms with Crippen LogP contribution >= 0.6 is 23.4 Å². The maximum Gasteiger partial charge on any atom is 0.229 e. The Hall–Kier alpha value is -2.24. The molecule has 1 aliphatic heterocycles. The molecule has 138 valence electrons. The number of hydrogen-bond acceptors (Lipinski definition) is 3. The van der Waals surface area contributed by atoms with E-state index in [0.717, 1.165) is 45.4 Å². The molecule has 0 bridgehead atoms. The molecule has 4 nitrogen and oxygen atoms in total. The Kier molecular flexibility index (Phi) is 4.98. The van der Waals surface area contributed by atoms with Crippen molar-refractivity contribution in [2.45, 2.75) is 31.8 Å². The maximum absolute atomic E-state index is 12.7. The molecule has 27 heavy (non-hydrogen) atoms. The molecule has 0 atom stereocenters. The highest BCUT2D eigenvalue weighted by Gasteiger charge is 2.25. The van der Waals surface area contributed by atoms with E-state index in [4.69, 9.17) is 16.7 Å². The van der Waals surface area contributed by atoms with Crippen molar-refractivity contribution in [3.63, 3.8) is 0 Å². The summed E-state index contributed by atoms with van der Waals surface area (Å²) < 4.78 is 1.89. The molecule has 2 aromatic carbocycles. The summed E-state index contributed by atoms with van der Waals surface area (Å²) >= 11 is 7.75. The number of aryl methyl sites for hydroxylation is 2. The van der Waals surface area contributed by atoms with E-state index in [2.05, 4.69) is 37.4 Å². The third-order valence-electron chi connectivity index (χ3n) is 4.67. The zero-order valence-electron chi connectivity index (χ0n) is 15.3. The molecule has 1 aromatic heterocycles. The van der Waals surface area contributed by atoms with E-state index in [-0.39, 0.29) is 5.91 Å². The van der Waals surface area contributed by atoms with Gasteiger partial charge in [-0.3, -0.25) is 4.79 Å². The van der Waals surface area contributed by atoms with E-state index in [1.807, 2.05) is 28.6 Å². The zero-order valence-corrected chi connectivity index (χ0v) is 16.8. The monoisotopic (exact) mass is 397 g/mol. The van der Waals surface area contributed by atoms with Gasteiger partial charge in [-0.25, -0.2) is 4.68 Å². The highest BCUT2D eigenvalue weighted by Crippen LogP contribution is 2.36. The van der Waals surface area contributed by atoms with Crippen molar-refractivity contribution in [2.24, 2.45) is 0 Å². The third-order valence-corrected chi connectivity index (χ3v) is 5.89. The smallest absolute Gasteiger partial charge is 0.229 e. The standard InChI is InChI=1S/C21H20ClN3OS/c1-13-3-8-19(14(2)9-13)25-21(17-11-27-12-18(17)24-25)23-20(26)10-15-4-6-16(22)7-5-15/h3-9H,10-12H2,1-2H3,(H,23,26). The van der Waals surface area contributed by atoms with Gasteiger partial charge in [0.2, 0.25) is 5.91 Å². The Bertz CT molecular complexity index is 1010. The minimum Gasteiger partial charge on any atom is -0.310 e. The van der Waals surface area contributed by atoms with Gasteiger partial charge < -0.3 is 5.32 Å². The molecule has 0 spiro atoms. The van der Waals surface area contributed by atoms with Crippen LogP contribution in [0.15, 0.2) is 42.5 Å². The molecule has 0 saturated carbocycles. The molecule has 6 heteroatoms. The Balaban J connectivity index is 1.65. The molecular weight excluding hydrogens is 378 g/mol. The van der Waals surface area contributed by atoms with Gasteiger partial charge in [-0.05, 0) is 43.2 Å². The first-order valence-electron chi connectivity index (χ1n) is 8.81. The number of carbonyl (C=O) groups excluding carboxylic acids is 1. The summed E-state index contributed by atoms with van der Waals surface area (Å²) in [5.41, 5.74) is 6.46. The third kappa shape index (κ3) is 3.75. The molecule has 0 aliphatic carbocycles. The fourth-order valence-corrected chi connectivity index (χ4v) is 4.48. The van der Waals surface area contributed by atoms with Gasteiger partial charge in [-0.15, -0.1) is 0 Å². The van der Waals surface area contributed by atoms with E-state index >= 15 is 0 Å². The van der Waals surface area contributed by atoms with Gasteiger partial charge in [-0.1, -0.05) is 41.4 Å². The second kappa shape index (κ2) is 7.41. The molecule has 0 fully saturated rings. The lowest BCUT2D eigenvalue weighted by atomic mass is 10.1. The summed E-state index contributed by atoms with van der Waals surface area (Å²) in [5.74, 6) is 2.49. The zero-order chi connectivity index (χ0) is 19.0. The number of carbonyl (C=O) groups is 1.